The number of nitrogens with zero attached hydrogens (tertiary/aromatic N) is 2. The van der Waals surface area contributed by atoms with Crippen LogP contribution in [-0.2, 0) is 0 Å². The van der Waals surface area contributed by atoms with Crippen LogP contribution in [0.5, 0.6) is 0 Å². The average molecular weight is 230 g/mol. The van der Waals surface area contributed by atoms with E-state index in [4.69, 9.17) is 5.21 Å². The molecule has 17 heavy (non-hydrogen) atoms. The van der Waals surface area contributed by atoms with Gasteiger partial charge in [-0.15, -0.1) is 0 Å². The lowest BCUT2D eigenvalue weighted by molar-refractivity contribution is 0.321. The van der Waals surface area contributed by atoms with Crippen molar-refractivity contribution in [3.63, 3.8) is 0 Å². The van der Waals surface area contributed by atoms with Gasteiger partial charge < -0.3 is 5.21 Å². The van der Waals surface area contributed by atoms with Gasteiger partial charge in [-0.05, 0) is 18.6 Å². The minimum atomic E-state index is 0.607. The van der Waals surface area contributed by atoms with Crippen molar-refractivity contribution < 1.29 is 5.21 Å². The number of rotatable bonds is 5. The number of pyridine rings is 1. The van der Waals surface area contributed by atoms with Crippen LogP contribution in [-0.4, -0.2) is 16.4 Å². The van der Waals surface area contributed by atoms with Crippen LogP contribution in [0, 0.1) is 11.8 Å². The Labute approximate surface area is 103 Å². The number of oxime groups is 1. The summed E-state index contributed by atoms with van der Waals surface area (Å²) in [6.45, 7) is 2.20. The highest BCUT2D eigenvalue weighted by molar-refractivity contribution is 5.80. The van der Waals surface area contributed by atoms with E-state index in [-0.39, 0.29) is 0 Å². The first-order valence-electron chi connectivity index (χ1n) is 5.99. The predicted octanol–water partition coefficient (Wildman–Crippen LogP) is 3.21. The molecular formula is C14H18N2O. The molecule has 0 atom stereocenters. The summed E-state index contributed by atoms with van der Waals surface area (Å²) in [5.74, 6) is 6.19. The molecule has 0 bridgehead atoms. The zero-order valence-electron chi connectivity index (χ0n) is 10.2. The quantitative estimate of drug-likeness (QED) is 0.277. The predicted molar refractivity (Wildman–Crippen MR) is 69.3 cm³/mol. The number of unbranched alkanes of at least 4 members (excludes halogenated alkanes) is 4. The van der Waals surface area contributed by atoms with E-state index >= 15 is 0 Å². The van der Waals surface area contributed by atoms with E-state index in [1.165, 1.54) is 25.5 Å². The van der Waals surface area contributed by atoms with Gasteiger partial charge in [0.05, 0.1) is 11.8 Å². The summed E-state index contributed by atoms with van der Waals surface area (Å²) in [5, 5.41) is 11.5. The molecule has 1 heterocycles. The standard InChI is InChI=1S/C14H18N2O/c1-2-3-4-5-6-7-9-13-10-8-11-15-14(13)12-16-17/h8,10-12,17H,2-6H2,1H3/b16-12+. The van der Waals surface area contributed by atoms with E-state index in [1.54, 1.807) is 6.20 Å². The molecule has 1 aromatic heterocycles. The lowest BCUT2D eigenvalue weighted by Gasteiger charge is -1.95. The molecule has 0 aliphatic rings. The van der Waals surface area contributed by atoms with Crippen molar-refractivity contribution in [1.82, 2.24) is 4.98 Å². The minimum Gasteiger partial charge on any atom is -0.411 e. The van der Waals surface area contributed by atoms with Crippen LogP contribution in [0.3, 0.4) is 0 Å². The van der Waals surface area contributed by atoms with Crippen LogP contribution in [0.2, 0.25) is 0 Å². The average Bonchev–Trinajstić information content (AvgIpc) is 2.36. The fourth-order valence-corrected chi connectivity index (χ4v) is 1.48. The van der Waals surface area contributed by atoms with E-state index in [1.807, 2.05) is 12.1 Å². The molecule has 0 radical (unpaired) electrons. The summed E-state index contributed by atoms with van der Waals surface area (Å²) in [4.78, 5) is 4.08. The van der Waals surface area contributed by atoms with E-state index < -0.39 is 0 Å². The molecule has 0 spiro atoms. The Morgan fingerprint density at radius 1 is 1.41 bits per heavy atom. The van der Waals surface area contributed by atoms with Crippen molar-refractivity contribution in [2.75, 3.05) is 0 Å². The van der Waals surface area contributed by atoms with E-state index in [9.17, 15) is 0 Å². The first-order chi connectivity index (χ1) is 8.38. The molecule has 3 nitrogen and oxygen atoms in total. The van der Waals surface area contributed by atoms with Crippen LogP contribution in [0.25, 0.3) is 0 Å². The van der Waals surface area contributed by atoms with Crippen molar-refractivity contribution in [3.8, 4) is 11.8 Å². The molecular weight excluding hydrogens is 212 g/mol. The Balaban J connectivity index is 2.53. The number of aromatic nitrogens is 1. The highest BCUT2D eigenvalue weighted by Crippen LogP contribution is 2.03. The van der Waals surface area contributed by atoms with Gasteiger partial charge >= 0.3 is 0 Å². The van der Waals surface area contributed by atoms with Crippen LogP contribution in [0.15, 0.2) is 23.5 Å². The fraction of sp³-hybridized carbons (Fsp3) is 0.429. The summed E-state index contributed by atoms with van der Waals surface area (Å²) >= 11 is 0. The summed E-state index contributed by atoms with van der Waals surface area (Å²) in [6.07, 6.45) is 8.77. The maximum atomic E-state index is 8.49. The van der Waals surface area contributed by atoms with Crippen molar-refractivity contribution in [2.45, 2.75) is 39.0 Å². The molecule has 1 rings (SSSR count). The normalized spacial score (nSPS) is 10.2. The van der Waals surface area contributed by atoms with Crippen molar-refractivity contribution in [3.05, 3.63) is 29.6 Å². The van der Waals surface area contributed by atoms with Gasteiger partial charge in [-0.25, -0.2) is 0 Å². The summed E-state index contributed by atoms with van der Waals surface area (Å²) in [5.41, 5.74) is 1.41. The second-order valence-corrected chi connectivity index (χ2v) is 3.79. The fourth-order valence-electron chi connectivity index (χ4n) is 1.48. The van der Waals surface area contributed by atoms with E-state index in [0.717, 1.165) is 18.4 Å². The zero-order chi connectivity index (χ0) is 12.3. The maximum absolute atomic E-state index is 8.49. The molecule has 0 aliphatic carbocycles. The number of hydrogen-bond acceptors (Lipinski definition) is 3. The highest BCUT2D eigenvalue weighted by Gasteiger charge is 1.96. The summed E-state index contributed by atoms with van der Waals surface area (Å²) in [6, 6.07) is 3.71. The molecule has 0 fully saturated rings. The van der Waals surface area contributed by atoms with Gasteiger partial charge in [-0.2, -0.15) is 0 Å². The van der Waals surface area contributed by atoms with Gasteiger partial charge in [-0.3, -0.25) is 4.98 Å². The van der Waals surface area contributed by atoms with Crippen molar-refractivity contribution in [1.29, 1.82) is 0 Å². The second-order valence-electron chi connectivity index (χ2n) is 3.79. The van der Waals surface area contributed by atoms with Gasteiger partial charge in [0.1, 0.15) is 5.69 Å². The Morgan fingerprint density at radius 2 is 2.29 bits per heavy atom. The van der Waals surface area contributed by atoms with Crippen molar-refractivity contribution in [2.24, 2.45) is 5.16 Å². The molecule has 0 amide bonds. The molecule has 1 N–H and O–H groups in total. The molecule has 3 heteroatoms. The maximum Gasteiger partial charge on any atom is 0.100 e. The zero-order valence-corrected chi connectivity index (χ0v) is 10.2. The molecule has 1 aromatic rings. The highest BCUT2D eigenvalue weighted by atomic mass is 16.4. The molecule has 0 saturated carbocycles. The third-order valence-electron chi connectivity index (χ3n) is 2.40. The lowest BCUT2D eigenvalue weighted by Crippen LogP contribution is -1.91. The molecule has 0 aromatic carbocycles. The van der Waals surface area contributed by atoms with Gasteiger partial charge in [0.25, 0.3) is 0 Å². The third-order valence-corrected chi connectivity index (χ3v) is 2.40. The van der Waals surface area contributed by atoms with Gasteiger partial charge in [0.2, 0.25) is 0 Å². The van der Waals surface area contributed by atoms with Gasteiger partial charge in [0, 0.05) is 12.6 Å². The summed E-state index contributed by atoms with van der Waals surface area (Å²) < 4.78 is 0. The topological polar surface area (TPSA) is 45.5 Å². The first-order valence-corrected chi connectivity index (χ1v) is 5.99. The lowest BCUT2D eigenvalue weighted by atomic mass is 10.1. The smallest absolute Gasteiger partial charge is 0.100 e. The largest absolute Gasteiger partial charge is 0.411 e. The Hall–Kier alpha value is -1.82. The molecule has 0 unspecified atom stereocenters. The molecule has 0 aliphatic heterocycles. The Kier molecular flexibility index (Phi) is 6.50. The molecule has 90 valence electrons. The number of hydrogen-bond donors (Lipinski definition) is 1. The SMILES string of the molecule is CCCCCCC#Cc1cccnc1/C=N/O. The van der Waals surface area contributed by atoms with Crippen LogP contribution in [0.4, 0.5) is 0 Å². The third kappa shape index (κ3) is 5.17. The van der Waals surface area contributed by atoms with E-state index in [2.05, 4.69) is 28.9 Å². The monoisotopic (exact) mass is 230 g/mol. The Morgan fingerprint density at radius 3 is 3.06 bits per heavy atom. The van der Waals surface area contributed by atoms with Gasteiger partial charge in [-0.1, -0.05) is 43.2 Å². The van der Waals surface area contributed by atoms with Crippen LogP contribution in [0.1, 0.15) is 50.3 Å². The molecule has 0 saturated heterocycles. The van der Waals surface area contributed by atoms with E-state index in [0.29, 0.717) is 5.69 Å². The second kappa shape index (κ2) is 8.35. The van der Waals surface area contributed by atoms with Crippen molar-refractivity contribution >= 4 is 6.21 Å². The van der Waals surface area contributed by atoms with Gasteiger partial charge in [0.15, 0.2) is 0 Å². The van der Waals surface area contributed by atoms with Crippen LogP contribution >= 0.6 is 0 Å². The first kappa shape index (κ1) is 13.2. The van der Waals surface area contributed by atoms with Crippen LogP contribution < -0.4 is 0 Å². The minimum absolute atomic E-state index is 0.607. The summed E-state index contributed by atoms with van der Waals surface area (Å²) in [7, 11) is 0. The Bertz CT molecular complexity index is 416.